The maximum absolute atomic E-state index is 13.1. The van der Waals surface area contributed by atoms with E-state index in [4.69, 9.17) is 0 Å². The lowest BCUT2D eigenvalue weighted by atomic mass is 9.75. The molecule has 30 heavy (non-hydrogen) atoms. The molecule has 4 heterocycles. The van der Waals surface area contributed by atoms with E-state index in [9.17, 15) is 14.0 Å². The fourth-order valence-corrected chi connectivity index (χ4v) is 4.54. The Bertz CT molecular complexity index is 899. The third kappa shape index (κ3) is 4.67. The van der Waals surface area contributed by atoms with Crippen LogP contribution in [0.5, 0.6) is 0 Å². The summed E-state index contributed by atoms with van der Waals surface area (Å²) in [5.74, 6) is 0.0723. The molecule has 2 bridgehead atoms. The van der Waals surface area contributed by atoms with Crippen molar-refractivity contribution in [1.29, 1.82) is 0 Å². The number of piperidine rings is 3. The Labute approximate surface area is 174 Å². The van der Waals surface area contributed by atoms with Crippen LogP contribution < -0.4 is 10.6 Å². The molecule has 3 fully saturated rings. The second-order valence-corrected chi connectivity index (χ2v) is 8.15. The molecule has 1 aromatic carbocycles. The monoisotopic (exact) mass is 414 g/mol. The second kappa shape index (κ2) is 8.91. The third-order valence-corrected chi connectivity index (χ3v) is 6.09. The zero-order chi connectivity index (χ0) is 21.1. The van der Waals surface area contributed by atoms with Crippen LogP contribution in [0.3, 0.4) is 0 Å². The smallest absolute Gasteiger partial charge is 0.224 e. The van der Waals surface area contributed by atoms with E-state index in [-0.39, 0.29) is 23.5 Å². The van der Waals surface area contributed by atoms with Crippen molar-refractivity contribution in [2.24, 2.45) is 11.8 Å². The molecule has 1 aromatic heterocycles. The van der Waals surface area contributed by atoms with Crippen molar-refractivity contribution in [1.82, 2.24) is 30.5 Å². The van der Waals surface area contributed by atoms with Crippen LogP contribution in [0.15, 0.2) is 30.5 Å². The molecular formula is C21H27FN6O2. The minimum absolute atomic E-state index is 0.00199. The van der Waals surface area contributed by atoms with Crippen molar-refractivity contribution in [2.75, 3.05) is 26.2 Å². The number of rotatable bonds is 7. The van der Waals surface area contributed by atoms with Gasteiger partial charge >= 0.3 is 0 Å². The Balaban J connectivity index is 1.31. The van der Waals surface area contributed by atoms with E-state index in [1.807, 2.05) is 10.9 Å². The average Bonchev–Trinajstić information content (AvgIpc) is 3.20. The van der Waals surface area contributed by atoms with Crippen molar-refractivity contribution < 1.29 is 14.0 Å². The van der Waals surface area contributed by atoms with Gasteiger partial charge in [-0.1, -0.05) is 5.21 Å². The number of hydrogen-bond donors (Lipinski definition) is 2. The number of nitrogens with one attached hydrogen (secondary N) is 2. The zero-order valence-corrected chi connectivity index (χ0v) is 17.1. The van der Waals surface area contributed by atoms with Crippen LogP contribution in [0.25, 0.3) is 11.3 Å². The van der Waals surface area contributed by atoms with Gasteiger partial charge in [-0.3, -0.25) is 19.2 Å². The Morgan fingerprint density at radius 2 is 1.97 bits per heavy atom. The van der Waals surface area contributed by atoms with E-state index < -0.39 is 0 Å². The summed E-state index contributed by atoms with van der Waals surface area (Å²) in [5, 5.41) is 14.1. The van der Waals surface area contributed by atoms with Gasteiger partial charge in [0.05, 0.1) is 18.7 Å². The van der Waals surface area contributed by atoms with Crippen molar-refractivity contribution in [2.45, 2.75) is 32.4 Å². The first-order valence-electron chi connectivity index (χ1n) is 10.4. The number of nitrogens with zero attached hydrogens (tertiary/aromatic N) is 4. The molecule has 2 N–H and O–H groups in total. The van der Waals surface area contributed by atoms with Crippen LogP contribution in [-0.4, -0.2) is 63.9 Å². The van der Waals surface area contributed by atoms with Crippen LogP contribution in [0.2, 0.25) is 0 Å². The summed E-state index contributed by atoms with van der Waals surface area (Å²) in [6.07, 6.45) is 3.87. The molecule has 3 saturated heterocycles. The SMILES string of the molecule is CC(=O)NCCNC(=O)C1CN2CCC1CC2Cn1cc(-c2ccc(F)cc2)nn1. The van der Waals surface area contributed by atoms with E-state index in [2.05, 4.69) is 25.8 Å². The van der Waals surface area contributed by atoms with Gasteiger partial charge in [-0.2, -0.15) is 0 Å². The van der Waals surface area contributed by atoms with Gasteiger partial charge in [-0.25, -0.2) is 4.39 Å². The predicted octanol–water partition coefficient (Wildman–Crippen LogP) is 1.05. The summed E-state index contributed by atoms with van der Waals surface area (Å²) in [6.45, 7) is 4.84. The molecule has 160 valence electrons. The van der Waals surface area contributed by atoms with Gasteiger partial charge in [0.2, 0.25) is 11.8 Å². The maximum atomic E-state index is 13.1. The van der Waals surface area contributed by atoms with E-state index in [1.165, 1.54) is 19.1 Å². The quantitative estimate of drug-likeness (QED) is 0.661. The lowest BCUT2D eigenvalue weighted by Crippen LogP contribution is -2.58. The van der Waals surface area contributed by atoms with Gasteiger partial charge in [-0.05, 0) is 49.6 Å². The highest BCUT2D eigenvalue weighted by Gasteiger charge is 2.43. The minimum atomic E-state index is -0.272. The number of fused-ring (bicyclic) bond motifs is 3. The van der Waals surface area contributed by atoms with Gasteiger partial charge in [0.1, 0.15) is 11.5 Å². The summed E-state index contributed by atoms with van der Waals surface area (Å²) >= 11 is 0. The Morgan fingerprint density at radius 3 is 2.67 bits per heavy atom. The van der Waals surface area contributed by atoms with E-state index in [1.54, 1.807) is 12.1 Å². The first kappa shape index (κ1) is 20.5. The van der Waals surface area contributed by atoms with Crippen LogP contribution >= 0.6 is 0 Å². The van der Waals surface area contributed by atoms with Gasteiger partial charge < -0.3 is 10.6 Å². The molecule has 3 aliphatic heterocycles. The second-order valence-electron chi connectivity index (χ2n) is 8.15. The maximum Gasteiger partial charge on any atom is 0.224 e. The van der Waals surface area contributed by atoms with Crippen molar-refractivity contribution in [3.8, 4) is 11.3 Å². The highest BCUT2D eigenvalue weighted by molar-refractivity contribution is 5.79. The molecule has 9 heteroatoms. The van der Waals surface area contributed by atoms with Crippen molar-refractivity contribution >= 4 is 11.8 Å². The van der Waals surface area contributed by atoms with Crippen LogP contribution in [0.4, 0.5) is 4.39 Å². The van der Waals surface area contributed by atoms with Crippen molar-refractivity contribution in [3.05, 3.63) is 36.3 Å². The summed E-state index contributed by atoms with van der Waals surface area (Å²) < 4.78 is 15.0. The van der Waals surface area contributed by atoms with Crippen LogP contribution in [-0.2, 0) is 16.1 Å². The molecule has 4 unspecified atom stereocenters. The molecule has 2 aromatic rings. The molecule has 4 atom stereocenters. The zero-order valence-electron chi connectivity index (χ0n) is 17.1. The fraction of sp³-hybridized carbons (Fsp3) is 0.524. The number of amides is 2. The summed E-state index contributed by atoms with van der Waals surface area (Å²) in [4.78, 5) is 25.9. The first-order valence-corrected chi connectivity index (χ1v) is 10.4. The molecular weight excluding hydrogens is 387 g/mol. The Kier molecular flexibility index (Phi) is 6.08. The van der Waals surface area contributed by atoms with Gasteiger partial charge in [-0.15, -0.1) is 5.10 Å². The summed E-state index contributed by atoms with van der Waals surface area (Å²) in [7, 11) is 0. The highest BCUT2D eigenvalue weighted by atomic mass is 19.1. The normalized spacial score (nSPS) is 25.1. The number of hydrogen-bond acceptors (Lipinski definition) is 5. The number of carbonyl (C=O) groups excluding carboxylic acids is 2. The summed E-state index contributed by atoms with van der Waals surface area (Å²) in [5.41, 5.74) is 1.56. The lowest BCUT2D eigenvalue weighted by molar-refractivity contribution is -0.133. The van der Waals surface area contributed by atoms with Crippen molar-refractivity contribution in [3.63, 3.8) is 0 Å². The van der Waals surface area contributed by atoms with Gasteiger partial charge in [0.25, 0.3) is 0 Å². The molecule has 0 spiro atoms. The first-order chi connectivity index (χ1) is 14.5. The molecule has 8 nitrogen and oxygen atoms in total. The molecule has 0 saturated carbocycles. The Hall–Kier alpha value is -2.81. The minimum Gasteiger partial charge on any atom is -0.355 e. The fourth-order valence-electron chi connectivity index (χ4n) is 4.54. The van der Waals surface area contributed by atoms with E-state index in [0.29, 0.717) is 25.0 Å². The predicted molar refractivity (Wildman–Crippen MR) is 109 cm³/mol. The molecule has 5 rings (SSSR count). The summed E-state index contributed by atoms with van der Waals surface area (Å²) in [6, 6.07) is 6.56. The highest BCUT2D eigenvalue weighted by Crippen LogP contribution is 2.37. The third-order valence-electron chi connectivity index (χ3n) is 6.09. The number of aromatic nitrogens is 3. The average molecular weight is 414 g/mol. The standard InChI is InChI=1S/C21H27FN6O2/c1-14(29)23-7-8-24-21(30)19-12-27-9-6-16(19)10-18(27)11-28-13-20(25-26-28)15-2-4-17(22)5-3-15/h2-5,13,16,18-19H,6-12H2,1H3,(H,23,29)(H,24,30). The van der Waals surface area contributed by atoms with Crippen LogP contribution in [0, 0.1) is 17.7 Å². The largest absolute Gasteiger partial charge is 0.355 e. The van der Waals surface area contributed by atoms with E-state index >= 15 is 0 Å². The number of carbonyl (C=O) groups is 2. The van der Waals surface area contributed by atoms with E-state index in [0.717, 1.165) is 43.7 Å². The molecule has 2 amide bonds. The Morgan fingerprint density at radius 1 is 1.20 bits per heavy atom. The number of halogens is 1. The molecule has 3 aliphatic rings. The molecule has 0 radical (unpaired) electrons. The number of benzene rings is 1. The van der Waals surface area contributed by atoms with Crippen LogP contribution in [0.1, 0.15) is 19.8 Å². The van der Waals surface area contributed by atoms with Gasteiger partial charge in [0, 0.05) is 38.2 Å². The molecule has 0 aliphatic carbocycles. The topological polar surface area (TPSA) is 92.2 Å². The lowest BCUT2D eigenvalue weighted by Gasteiger charge is -2.49. The van der Waals surface area contributed by atoms with Gasteiger partial charge in [0.15, 0.2) is 0 Å².